The van der Waals surface area contributed by atoms with Crippen LogP contribution in [0.4, 0.5) is 0 Å². The highest BCUT2D eigenvalue weighted by Gasteiger charge is 2.10. The van der Waals surface area contributed by atoms with Crippen LogP contribution in [0.25, 0.3) is 0 Å². The molecule has 3 aromatic rings. The van der Waals surface area contributed by atoms with Gasteiger partial charge < -0.3 is 15.4 Å². The standard InChI is InChI=1S/C23H30N6O.HI/c1-5-24-23(27-15-21-18(3)22(30-4)17(2)13-25-21)26-14-19-9-6-7-10-20(19)16-29-12-8-11-28-29;/h6-13H,5,14-16H2,1-4H3,(H2,24,26,27);1H. The number of nitrogens with one attached hydrogen (secondary N) is 2. The van der Waals surface area contributed by atoms with Gasteiger partial charge in [-0.1, -0.05) is 24.3 Å². The predicted molar refractivity (Wildman–Crippen MR) is 135 cm³/mol. The van der Waals surface area contributed by atoms with E-state index in [1.54, 1.807) is 13.3 Å². The molecule has 7 nitrogen and oxygen atoms in total. The van der Waals surface area contributed by atoms with Crippen molar-refractivity contribution in [3.63, 3.8) is 0 Å². The summed E-state index contributed by atoms with van der Waals surface area (Å²) < 4.78 is 7.43. The van der Waals surface area contributed by atoms with Gasteiger partial charge in [0.15, 0.2) is 5.96 Å². The Hall–Kier alpha value is -2.62. The third-order valence-electron chi connectivity index (χ3n) is 4.93. The largest absolute Gasteiger partial charge is 0.496 e. The first kappa shape index (κ1) is 24.6. The monoisotopic (exact) mass is 534 g/mol. The summed E-state index contributed by atoms with van der Waals surface area (Å²) in [6.45, 7) is 8.76. The van der Waals surface area contributed by atoms with Gasteiger partial charge in [0.1, 0.15) is 5.75 Å². The highest BCUT2D eigenvalue weighted by atomic mass is 127. The van der Waals surface area contributed by atoms with Gasteiger partial charge in [-0.3, -0.25) is 9.67 Å². The van der Waals surface area contributed by atoms with Gasteiger partial charge in [-0.25, -0.2) is 4.99 Å². The average Bonchev–Trinajstić information content (AvgIpc) is 3.25. The number of pyridine rings is 1. The molecular formula is C23H31IN6O. The fourth-order valence-electron chi connectivity index (χ4n) is 3.36. The molecule has 0 amide bonds. The van der Waals surface area contributed by atoms with Crippen LogP contribution < -0.4 is 15.4 Å². The van der Waals surface area contributed by atoms with Crippen LogP contribution in [-0.2, 0) is 19.6 Å². The van der Waals surface area contributed by atoms with E-state index in [0.717, 1.165) is 41.6 Å². The maximum Gasteiger partial charge on any atom is 0.191 e. The van der Waals surface area contributed by atoms with Gasteiger partial charge >= 0.3 is 0 Å². The van der Waals surface area contributed by atoms with Gasteiger partial charge in [-0.15, -0.1) is 24.0 Å². The van der Waals surface area contributed by atoms with Crippen LogP contribution in [0.1, 0.15) is 34.9 Å². The number of guanidine groups is 1. The van der Waals surface area contributed by atoms with Crippen molar-refractivity contribution in [1.29, 1.82) is 0 Å². The molecule has 166 valence electrons. The van der Waals surface area contributed by atoms with Crippen LogP contribution in [0, 0.1) is 13.8 Å². The van der Waals surface area contributed by atoms with E-state index in [2.05, 4.69) is 45.8 Å². The van der Waals surface area contributed by atoms with Crippen molar-refractivity contribution in [2.45, 2.75) is 40.4 Å². The Labute approximate surface area is 201 Å². The number of aryl methyl sites for hydroxylation is 1. The molecule has 0 radical (unpaired) electrons. The molecule has 1 aromatic carbocycles. The van der Waals surface area contributed by atoms with Crippen LogP contribution in [-0.4, -0.2) is 34.4 Å². The second-order valence-corrected chi connectivity index (χ2v) is 7.07. The van der Waals surface area contributed by atoms with Crippen molar-refractivity contribution in [1.82, 2.24) is 25.4 Å². The molecule has 0 bridgehead atoms. The number of ether oxygens (including phenoxy) is 1. The zero-order valence-electron chi connectivity index (χ0n) is 18.6. The van der Waals surface area contributed by atoms with Crippen molar-refractivity contribution in [3.05, 3.63) is 76.9 Å². The zero-order chi connectivity index (χ0) is 21.3. The topological polar surface area (TPSA) is 76.4 Å². The van der Waals surface area contributed by atoms with E-state index < -0.39 is 0 Å². The number of hydrogen-bond acceptors (Lipinski definition) is 4. The quantitative estimate of drug-likeness (QED) is 0.261. The maximum atomic E-state index is 5.51. The van der Waals surface area contributed by atoms with Crippen molar-refractivity contribution in [3.8, 4) is 5.75 Å². The number of aliphatic imine (C=N–C) groups is 1. The summed E-state index contributed by atoms with van der Waals surface area (Å²) >= 11 is 0. The van der Waals surface area contributed by atoms with Crippen LogP contribution in [0.2, 0.25) is 0 Å². The summed E-state index contributed by atoms with van der Waals surface area (Å²) in [6, 6.07) is 10.3. The molecule has 2 N–H and O–H groups in total. The second-order valence-electron chi connectivity index (χ2n) is 7.07. The number of hydrogen-bond donors (Lipinski definition) is 2. The molecule has 2 aromatic heterocycles. The SMILES string of the molecule is CCNC(=NCc1ccccc1Cn1cccn1)NCc1ncc(C)c(OC)c1C.I. The van der Waals surface area contributed by atoms with E-state index in [-0.39, 0.29) is 24.0 Å². The number of halogens is 1. The average molecular weight is 534 g/mol. The Kier molecular flexibility index (Phi) is 9.77. The van der Waals surface area contributed by atoms with E-state index in [0.29, 0.717) is 13.1 Å². The fraction of sp³-hybridized carbons (Fsp3) is 0.348. The van der Waals surface area contributed by atoms with Gasteiger partial charge in [0.05, 0.1) is 32.4 Å². The minimum Gasteiger partial charge on any atom is -0.496 e. The van der Waals surface area contributed by atoms with Crippen molar-refractivity contribution >= 4 is 29.9 Å². The highest BCUT2D eigenvalue weighted by molar-refractivity contribution is 14.0. The Morgan fingerprint density at radius 2 is 1.90 bits per heavy atom. The van der Waals surface area contributed by atoms with Crippen LogP contribution in [0.15, 0.2) is 53.9 Å². The Bertz CT molecular complexity index is 988. The van der Waals surface area contributed by atoms with Crippen LogP contribution in [0.5, 0.6) is 5.75 Å². The molecule has 0 aliphatic heterocycles. The number of benzene rings is 1. The number of nitrogens with zero attached hydrogens (tertiary/aromatic N) is 4. The van der Waals surface area contributed by atoms with Gasteiger partial charge in [0, 0.05) is 36.3 Å². The number of aromatic nitrogens is 3. The van der Waals surface area contributed by atoms with E-state index in [9.17, 15) is 0 Å². The van der Waals surface area contributed by atoms with Crippen LogP contribution in [0.3, 0.4) is 0 Å². The van der Waals surface area contributed by atoms with Gasteiger partial charge in [0.2, 0.25) is 0 Å². The Morgan fingerprint density at radius 1 is 1.13 bits per heavy atom. The lowest BCUT2D eigenvalue weighted by Crippen LogP contribution is -2.37. The summed E-state index contributed by atoms with van der Waals surface area (Å²) in [6.07, 6.45) is 5.61. The van der Waals surface area contributed by atoms with Gasteiger partial charge in [-0.2, -0.15) is 5.10 Å². The molecule has 31 heavy (non-hydrogen) atoms. The number of methoxy groups -OCH3 is 1. The first-order valence-electron chi connectivity index (χ1n) is 10.2. The predicted octanol–water partition coefficient (Wildman–Crippen LogP) is 3.83. The molecular weight excluding hydrogens is 503 g/mol. The summed E-state index contributed by atoms with van der Waals surface area (Å²) in [5.74, 6) is 1.64. The van der Waals surface area contributed by atoms with E-state index in [4.69, 9.17) is 9.73 Å². The molecule has 0 saturated carbocycles. The maximum absolute atomic E-state index is 5.51. The minimum atomic E-state index is 0. The van der Waals surface area contributed by atoms with E-state index >= 15 is 0 Å². The van der Waals surface area contributed by atoms with Gasteiger partial charge in [0.25, 0.3) is 0 Å². The summed E-state index contributed by atoms with van der Waals surface area (Å²) in [4.78, 5) is 9.34. The molecule has 0 atom stereocenters. The molecule has 3 rings (SSSR count). The highest BCUT2D eigenvalue weighted by Crippen LogP contribution is 2.23. The first-order chi connectivity index (χ1) is 14.6. The number of rotatable bonds is 8. The van der Waals surface area contributed by atoms with Crippen molar-refractivity contribution < 1.29 is 4.74 Å². The second kappa shape index (κ2) is 12.3. The minimum absolute atomic E-state index is 0. The lowest BCUT2D eigenvalue weighted by molar-refractivity contribution is 0.406. The van der Waals surface area contributed by atoms with E-state index in [1.165, 1.54) is 11.1 Å². The van der Waals surface area contributed by atoms with Gasteiger partial charge in [-0.05, 0) is 38.0 Å². The fourth-order valence-corrected chi connectivity index (χ4v) is 3.36. The smallest absolute Gasteiger partial charge is 0.191 e. The normalized spacial score (nSPS) is 11.0. The first-order valence-corrected chi connectivity index (χ1v) is 10.2. The zero-order valence-corrected chi connectivity index (χ0v) is 20.9. The lowest BCUT2D eigenvalue weighted by Gasteiger charge is -2.15. The molecule has 8 heteroatoms. The molecule has 0 unspecified atom stereocenters. The van der Waals surface area contributed by atoms with Crippen LogP contribution >= 0.6 is 24.0 Å². The summed E-state index contributed by atoms with van der Waals surface area (Å²) in [5.41, 5.74) is 5.42. The Balaban J connectivity index is 0.00000341. The molecule has 0 fully saturated rings. The molecule has 0 aliphatic rings. The van der Waals surface area contributed by atoms with Crippen molar-refractivity contribution in [2.75, 3.05) is 13.7 Å². The lowest BCUT2D eigenvalue weighted by atomic mass is 10.1. The third-order valence-corrected chi connectivity index (χ3v) is 4.93. The third kappa shape index (κ3) is 6.68. The molecule has 0 aliphatic carbocycles. The summed E-state index contributed by atoms with van der Waals surface area (Å²) in [7, 11) is 1.69. The summed E-state index contributed by atoms with van der Waals surface area (Å²) in [5, 5.41) is 11.0. The van der Waals surface area contributed by atoms with E-state index in [1.807, 2.05) is 43.1 Å². The van der Waals surface area contributed by atoms with Crippen molar-refractivity contribution in [2.24, 2.45) is 4.99 Å². The molecule has 0 saturated heterocycles. The Morgan fingerprint density at radius 3 is 2.58 bits per heavy atom. The molecule has 2 heterocycles. The molecule has 0 spiro atoms.